The summed E-state index contributed by atoms with van der Waals surface area (Å²) in [7, 11) is -1.88. The Hall–Kier alpha value is -1.43. The summed E-state index contributed by atoms with van der Waals surface area (Å²) < 4.78 is 30.3. The van der Waals surface area contributed by atoms with Crippen LogP contribution < -0.4 is 5.32 Å². The van der Waals surface area contributed by atoms with E-state index >= 15 is 0 Å². The van der Waals surface area contributed by atoms with Crippen molar-refractivity contribution in [1.29, 1.82) is 0 Å². The van der Waals surface area contributed by atoms with E-state index in [1.165, 1.54) is 11.4 Å². The number of rotatable bonds is 5. The predicted octanol–water partition coefficient (Wildman–Crippen LogP) is -1.09. The molecule has 0 spiro atoms. The largest absolute Gasteiger partial charge is 0.450 e. The van der Waals surface area contributed by atoms with Gasteiger partial charge in [-0.2, -0.15) is 0 Å². The number of β-amino-alcohol motifs (C(OH)–C–C–N with tert-alkyl or cyclic N) is 1. The molecule has 0 unspecified atom stereocenters. The SMILES string of the molecule is CCOC(=O)N1CCC(O)(CN2CCN(S(C)(=O)=O)C[C@H](C(=O)NC)C2)CC1. The molecule has 0 aromatic heterocycles. The second-order valence-corrected chi connectivity index (χ2v) is 9.56. The van der Waals surface area contributed by atoms with Crippen LogP contribution in [0.4, 0.5) is 4.79 Å². The van der Waals surface area contributed by atoms with Gasteiger partial charge in [-0.1, -0.05) is 0 Å². The van der Waals surface area contributed by atoms with E-state index in [2.05, 4.69) is 5.32 Å². The molecule has 1 atom stereocenters. The molecule has 2 aliphatic heterocycles. The molecule has 0 radical (unpaired) electrons. The summed E-state index contributed by atoms with van der Waals surface area (Å²) in [5, 5.41) is 13.6. The molecule has 162 valence electrons. The van der Waals surface area contributed by atoms with Gasteiger partial charge in [0.2, 0.25) is 15.9 Å². The Bertz CT molecular complexity index is 663. The van der Waals surface area contributed by atoms with Gasteiger partial charge < -0.3 is 20.1 Å². The molecule has 2 heterocycles. The number of carbonyl (C=O) groups is 2. The Kier molecular flexibility index (Phi) is 7.66. The van der Waals surface area contributed by atoms with Crippen molar-refractivity contribution in [2.75, 3.05) is 65.7 Å². The Morgan fingerprint density at radius 1 is 1.18 bits per heavy atom. The van der Waals surface area contributed by atoms with Crippen molar-refractivity contribution < 1.29 is 27.9 Å². The zero-order chi connectivity index (χ0) is 20.9. The maximum absolute atomic E-state index is 12.2. The second kappa shape index (κ2) is 9.38. The first-order valence-corrected chi connectivity index (χ1v) is 11.5. The van der Waals surface area contributed by atoms with Crippen LogP contribution in [0.2, 0.25) is 0 Å². The summed E-state index contributed by atoms with van der Waals surface area (Å²) >= 11 is 0. The maximum atomic E-state index is 12.2. The molecule has 28 heavy (non-hydrogen) atoms. The molecule has 2 aliphatic rings. The van der Waals surface area contributed by atoms with Crippen LogP contribution in [0.5, 0.6) is 0 Å². The third kappa shape index (κ3) is 6.03. The first kappa shape index (κ1) is 22.9. The van der Waals surface area contributed by atoms with Crippen LogP contribution in [-0.2, 0) is 19.6 Å². The van der Waals surface area contributed by atoms with Crippen LogP contribution in [0.25, 0.3) is 0 Å². The topological polar surface area (TPSA) is 119 Å². The van der Waals surface area contributed by atoms with E-state index in [1.807, 2.05) is 4.90 Å². The average Bonchev–Trinajstić information content (AvgIpc) is 2.84. The Balaban J connectivity index is 2.02. The van der Waals surface area contributed by atoms with Crippen molar-refractivity contribution in [2.45, 2.75) is 25.4 Å². The van der Waals surface area contributed by atoms with Crippen LogP contribution >= 0.6 is 0 Å². The minimum atomic E-state index is -3.41. The van der Waals surface area contributed by atoms with E-state index in [0.717, 1.165) is 6.26 Å². The minimum absolute atomic E-state index is 0.129. The zero-order valence-electron chi connectivity index (χ0n) is 16.9. The average molecular weight is 421 g/mol. The van der Waals surface area contributed by atoms with Crippen molar-refractivity contribution >= 4 is 22.0 Å². The molecular weight excluding hydrogens is 388 g/mol. The quantitative estimate of drug-likeness (QED) is 0.580. The Morgan fingerprint density at radius 3 is 2.36 bits per heavy atom. The smallest absolute Gasteiger partial charge is 0.409 e. The van der Waals surface area contributed by atoms with Crippen molar-refractivity contribution in [3.63, 3.8) is 0 Å². The first-order chi connectivity index (χ1) is 13.1. The Morgan fingerprint density at radius 2 is 1.82 bits per heavy atom. The van der Waals surface area contributed by atoms with Gasteiger partial charge in [-0.05, 0) is 19.8 Å². The summed E-state index contributed by atoms with van der Waals surface area (Å²) in [5.41, 5.74) is -0.990. The van der Waals surface area contributed by atoms with E-state index in [0.29, 0.717) is 52.2 Å². The lowest BCUT2D eigenvalue weighted by molar-refractivity contribution is -0.125. The molecule has 2 saturated heterocycles. The molecule has 11 heteroatoms. The summed E-state index contributed by atoms with van der Waals surface area (Å²) in [6.45, 7) is 4.40. The predicted molar refractivity (Wildman–Crippen MR) is 103 cm³/mol. The van der Waals surface area contributed by atoms with Gasteiger partial charge in [-0.15, -0.1) is 0 Å². The van der Waals surface area contributed by atoms with Gasteiger partial charge in [0.05, 0.1) is 24.4 Å². The lowest BCUT2D eigenvalue weighted by atomic mass is 9.90. The second-order valence-electron chi connectivity index (χ2n) is 7.58. The third-order valence-corrected chi connectivity index (χ3v) is 6.66. The molecular formula is C17H32N4O6S. The van der Waals surface area contributed by atoms with Crippen molar-refractivity contribution in [2.24, 2.45) is 5.92 Å². The van der Waals surface area contributed by atoms with Crippen LogP contribution in [0.3, 0.4) is 0 Å². The van der Waals surface area contributed by atoms with E-state index in [-0.39, 0.29) is 25.1 Å². The fraction of sp³-hybridized carbons (Fsp3) is 0.882. The molecule has 2 rings (SSSR count). The van der Waals surface area contributed by atoms with Crippen molar-refractivity contribution in [3.05, 3.63) is 0 Å². The number of amides is 2. The monoisotopic (exact) mass is 420 g/mol. The number of hydrogen-bond donors (Lipinski definition) is 2. The standard InChI is InChI=1S/C17H32N4O6S/c1-4-27-16(23)20-7-5-17(24,6-8-20)13-19-9-10-21(28(3,25)26)12-14(11-19)15(22)18-2/h14,24H,4-13H2,1-3H3,(H,18,22)/t14-/m1/s1. The number of sulfonamides is 1. The zero-order valence-corrected chi connectivity index (χ0v) is 17.7. The van der Waals surface area contributed by atoms with Crippen LogP contribution in [0.1, 0.15) is 19.8 Å². The molecule has 2 fully saturated rings. The number of aliphatic hydroxyl groups is 1. The van der Waals surface area contributed by atoms with Gasteiger partial charge in [0.25, 0.3) is 0 Å². The normalized spacial score (nSPS) is 24.4. The molecule has 0 saturated carbocycles. The Labute approximate surface area is 166 Å². The number of likely N-dealkylation sites (tertiary alicyclic amines) is 1. The van der Waals surface area contributed by atoms with Crippen LogP contribution in [-0.4, -0.2) is 111 Å². The number of nitrogens with zero attached hydrogens (tertiary/aromatic N) is 3. The molecule has 0 aromatic rings. The molecule has 2 N–H and O–H groups in total. The number of hydrogen-bond acceptors (Lipinski definition) is 7. The van der Waals surface area contributed by atoms with E-state index in [1.54, 1.807) is 11.8 Å². The third-order valence-electron chi connectivity index (χ3n) is 5.39. The highest BCUT2D eigenvalue weighted by Gasteiger charge is 2.38. The van der Waals surface area contributed by atoms with Gasteiger partial charge in [-0.25, -0.2) is 17.5 Å². The van der Waals surface area contributed by atoms with E-state index in [9.17, 15) is 23.1 Å². The highest BCUT2D eigenvalue weighted by molar-refractivity contribution is 7.88. The molecule has 10 nitrogen and oxygen atoms in total. The molecule has 0 bridgehead atoms. The summed E-state index contributed by atoms with van der Waals surface area (Å²) in [6, 6.07) is 0. The lowest BCUT2D eigenvalue weighted by Crippen LogP contribution is -2.53. The van der Waals surface area contributed by atoms with E-state index < -0.39 is 21.5 Å². The van der Waals surface area contributed by atoms with E-state index in [4.69, 9.17) is 4.74 Å². The van der Waals surface area contributed by atoms with Crippen molar-refractivity contribution in [3.8, 4) is 0 Å². The molecule has 0 aliphatic carbocycles. The fourth-order valence-corrected chi connectivity index (χ4v) is 4.62. The summed E-state index contributed by atoms with van der Waals surface area (Å²) in [6.07, 6.45) is 1.58. The van der Waals surface area contributed by atoms with Crippen molar-refractivity contribution in [1.82, 2.24) is 19.4 Å². The van der Waals surface area contributed by atoms with Crippen LogP contribution in [0.15, 0.2) is 0 Å². The number of ether oxygens (including phenoxy) is 1. The fourth-order valence-electron chi connectivity index (χ4n) is 3.76. The summed E-state index contributed by atoms with van der Waals surface area (Å²) in [4.78, 5) is 27.6. The van der Waals surface area contributed by atoms with Crippen LogP contribution in [0, 0.1) is 5.92 Å². The van der Waals surface area contributed by atoms with Gasteiger partial charge in [0.15, 0.2) is 0 Å². The highest BCUT2D eigenvalue weighted by Crippen LogP contribution is 2.25. The number of piperidine rings is 1. The first-order valence-electron chi connectivity index (χ1n) is 9.61. The lowest BCUT2D eigenvalue weighted by Gasteiger charge is -2.40. The van der Waals surface area contributed by atoms with Gasteiger partial charge in [0.1, 0.15) is 0 Å². The highest BCUT2D eigenvalue weighted by atomic mass is 32.2. The minimum Gasteiger partial charge on any atom is -0.450 e. The molecule has 2 amide bonds. The number of carbonyl (C=O) groups excluding carboxylic acids is 2. The van der Waals surface area contributed by atoms with Gasteiger partial charge in [-0.3, -0.25) is 9.69 Å². The summed E-state index contributed by atoms with van der Waals surface area (Å²) in [5.74, 6) is -0.727. The number of nitrogens with one attached hydrogen (secondary N) is 1. The molecule has 0 aromatic carbocycles. The van der Waals surface area contributed by atoms with Gasteiger partial charge >= 0.3 is 6.09 Å². The van der Waals surface area contributed by atoms with Gasteiger partial charge in [0, 0.05) is 52.9 Å². The maximum Gasteiger partial charge on any atom is 0.409 e.